The largest absolute Gasteiger partial charge is 0.489 e. The van der Waals surface area contributed by atoms with Gasteiger partial charge in [-0.3, -0.25) is 4.79 Å². The van der Waals surface area contributed by atoms with Crippen molar-refractivity contribution in [3.63, 3.8) is 0 Å². The molecule has 27 heavy (non-hydrogen) atoms. The minimum Gasteiger partial charge on any atom is -0.489 e. The maximum atomic E-state index is 12.4. The molecule has 2 aromatic rings. The molecule has 0 bridgehead atoms. The molecule has 1 aliphatic rings. The molecule has 0 spiro atoms. The van der Waals surface area contributed by atoms with Gasteiger partial charge >= 0.3 is 0 Å². The molecule has 0 fully saturated rings. The van der Waals surface area contributed by atoms with Crippen LogP contribution in [-0.4, -0.2) is 19.1 Å². The zero-order valence-corrected chi connectivity index (χ0v) is 16.4. The van der Waals surface area contributed by atoms with Crippen LogP contribution in [0.4, 0.5) is 5.69 Å². The number of nitrogens with one attached hydrogen (secondary N) is 1. The Bertz CT molecular complexity index is 847. The van der Waals surface area contributed by atoms with Crippen molar-refractivity contribution >= 4 is 29.3 Å². The standard InChI is InChI=1S/C22H24ClNO3/c1-3-15(2)17-7-4-5-8-19(17)24-21(25)10-9-16-13-18(23)22-20(14-16)26-11-6-12-27-22/h4-5,7-10,13-15H,3,6,11-12H2,1-2H3,(H,24,25). The molecule has 0 aromatic heterocycles. The lowest BCUT2D eigenvalue weighted by Gasteiger charge is -2.14. The number of benzene rings is 2. The highest BCUT2D eigenvalue weighted by atomic mass is 35.5. The summed E-state index contributed by atoms with van der Waals surface area (Å²) in [5, 5.41) is 3.45. The highest BCUT2D eigenvalue weighted by Crippen LogP contribution is 2.38. The average molecular weight is 386 g/mol. The lowest BCUT2D eigenvalue weighted by atomic mass is 9.97. The number of halogens is 1. The zero-order valence-electron chi connectivity index (χ0n) is 15.6. The van der Waals surface area contributed by atoms with Gasteiger partial charge in [-0.2, -0.15) is 0 Å². The molecule has 1 amide bonds. The predicted molar refractivity (Wildman–Crippen MR) is 110 cm³/mol. The van der Waals surface area contributed by atoms with E-state index >= 15 is 0 Å². The monoisotopic (exact) mass is 385 g/mol. The van der Waals surface area contributed by atoms with Crippen LogP contribution in [0.3, 0.4) is 0 Å². The Morgan fingerprint density at radius 3 is 2.85 bits per heavy atom. The second-order valence-electron chi connectivity index (χ2n) is 6.60. The molecule has 0 radical (unpaired) electrons. The van der Waals surface area contributed by atoms with Crippen LogP contribution in [0.1, 0.15) is 43.7 Å². The molecule has 1 N–H and O–H groups in total. The molecule has 1 heterocycles. The highest BCUT2D eigenvalue weighted by Gasteiger charge is 2.15. The summed E-state index contributed by atoms with van der Waals surface area (Å²) in [7, 11) is 0. The minimum absolute atomic E-state index is 0.186. The highest BCUT2D eigenvalue weighted by molar-refractivity contribution is 6.32. The first kappa shape index (κ1) is 19.3. The number of ether oxygens (including phenoxy) is 2. The molecule has 2 aromatic carbocycles. The number of para-hydroxylation sites is 1. The van der Waals surface area contributed by atoms with Crippen molar-refractivity contribution in [2.75, 3.05) is 18.5 Å². The van der Waals surface area contributed by atoms with Crippen molar-refractivity contribution in [1.82, 2.24) is 0 Å². The molecule has 142 valence electrons. The third kappa shape index (κ3) is 4.83. The molecule has 4 nitrogen and oxygen atoms in total. The fourth-order valence-corrected chi connectivity index (χ4v) is 3.23. The van der Waals surface area contributed by atoms with E-state index in [-0.39, 0.29) is 5.91 Å². The summed E-state index contributed by atoms with van der Waals surface area (Å²) in [5.41, 5.74) is 2.77. The maximum Gasteiger partial charge on any atom is 0.248 e. The molecule has 1 atom stereocenters. The van der Waals surface area contributed by atoms with Crippen LogP contribution in [0.15, 0.2) is 42.5 Å². The van der Waals surface area contributed by atoms with Crippen LogP contribution in [-0.2, 0) is 4.79 Å². The average Bonchev–Trinajstić information content (AvgIpc) is 2.92. The first-order chi connectivity index (χ1) is 13.1. The molecular formula is C22H24ClNO3. The Morgan fingerprint density at radius 1 is 1.26 bits per heavy atom. The lowest BCUT2D eigenvalue weighted by molar-refractivity contribution is -0.111. The van der Waals surface area contributed by atoms with E-state index in [0.717, 1.165) is 29.7 Å². The minimum atomic E-state index is -0.186. The molecule has 5 heteroatoms. The van der Waals surface area contributed by atoms with Gasteiger partial charge in [0.05, 0.1) is 18.2 Å². The van der Waals surface area contributed by atoms with Gasteiger partial charge in [0.2, 0.25) is 5.91 Å². The number of fused-ring (bicyclic) bond motifs is 1. The van der Waals surface area contributed by atoms with Crippen LogP contribution in [0, 0.1) is 0 Å². The second kappa shape index (κ2) is 8.96. The molecule has 0 aliphatic carbocycles. The van der Waals surface area contributed by atoms with E-state index < -0.39 is 0 Å². The van der Waals surface area contributed by atoms with E-state index in [1.807, 2.05) is 24.3 Å². The molecule has 3 rings (SSSR count). The zero-order chi connectivity index (χ0) is 19.2. The summed E-state index contributed by atoms with van der Waals surface area (Å²) in [5.74, 6) is 1.38. The van der Waals surface area contributed by atoms with Crippen LogP contribution < -0.4 is 14.8 Å². The summed E-state index contributed by atoms with van der Waals surface area (Å²) < 4.78 is 11.3. The third-order valence-electron chi connectivity index (χ3n) is 4.61. The maximum absolute atomic E-state index is 12.4. The number of amides is 1. The van der Waals surface area contributed by atoms with E-state index in [1.165, 1.54) is 6.08 Å². The van der Waals surface area contributed by atoms with Gasteiger partial charge in [0.25, 0.3) is 0 Å². The van der Waals surface area contributed by atoms with Crippen LogP contribution in [0.25, 0.3) is 6.08 Å². The smallest absolute Gasteiger partial charge is 0.248 e. The van der Waals surface area contributed by atoms with Gasteiger partial charge in [0.1, 0.15) is 0 Å². The Balaban J connectivity index is 1.74. The van der Waals surface area contributed by atoms with Crippen molar-refractivity contribution in [1.29, 1.82) is 0 Å². The van der Waals surface area contributed by atoms with Crippen molar-refractivity contribution in [3.8, 4) is 11.5 Å². The fraction of sp³-hybridized carbons (Fsp3) is 0.318. The van der Waals surface area contributed by atoms with Gasteiger partial charge < -0.3 is 14.8 Å². The van der Waals surface area contributed by atoms with E-state index in [0.29, 0.717) is 35.7 Å². The third-order valence-corrected chi connectivity index (χ3v) is 4.89. The Kier molecular flexibility index (Phi) is 6.40. The summed E-state index contributed by atoms with van der Waals surface area (Å²) in [6.45, 7) is 5.46. The Labute approximate surface area is 165 Å². The quantitative estimate of drug-likeness (QED) is 0.675. The summed E-state index contributed by atoms with van der Waals surface area (Å²) in [4.78, 5) is 12.4. The van der Waals surface area contributed by atoms with Crippen LogP contribution in [0.5, 0.6) is 11.5 Å². The van der Waals surface area contributed by atoms with Gasteiger partial charge in [-0.1, -0.05) is 43.6 Å². The molecule has 1 unspecified atom stereocenters. The number of anilines is 1. The van der Waals surface area contributed by atoms with E-state index in [1.54, 1.807) is 12.1 Å². The molecular weight excluding hydrogens is 362 g/mol. The van der Waals surface area contributed by atoms with Gasteiger partial charge in [-0.15, -0.1) is 0 Å². The molecule has 0 saturated heterocycles. The SMILES string of the molecule is CCC(C)c1ccccc1NC(=O)C=Cc1cc(Cl)c2c(c1)OCCCO2. The van der Waals surface area contributed by atoms with Crippen molar-refractivity contribution in [3.05, 3.63) is 58.6 Å². The molecule has 0 saturated carbocycles. The van der Waals surface area contributed by atoms with Crippen molar-refractivity contribution < 1.29 is 14.3 Å². The van der Waals surface area contributed by atoms with Gasteiger partial charge in [-0.25, -0.2) is 0 Å². The number of carbonyl (C=O) groups is 1. The number of rotatable bonds is 5. The van der Waals surface area contributed by atoms with Crippen molar-refractivity contribution in [2.24, 2.45) is 0 Å². The van der Waals surface area contributed by atoms with E-state index in [4.69, 9.17) is 21.1 Å². The number of hydrogen-bond acceptors (Lipinski definition) is 3. The lowest BCUT2D eigenvalue weighted by Crippen LogP contribution is -2.10. The first-order valence-corrected chi connectivity index (χ1v) is 9.63. The van der Waals surface area contributed by atoms with Crippen LogP contribution >= 0.6 is 11.6 Å². The fourth-order valence-electron chi connectivity index (χ4n) is 2.95. The van der Waals surface area contributed by atoms with E-state index in [9.17, 15) is 4.79 Å². The van der Waals surface area contributed by atoms with Gasteiger partial charge in [-0.05, 0) is 47.7 Å². The van der Waals surface area contributed by atoms with Crippen molar-refractivity contribution in [2.45, 2.75) is 32.6 Å². The summed E-state index contributed by atoms with van der Waals surface area (Å²) >= 11 is 6.30. The normalized spacial score (nSPS) is 14.6. The number of hydrogen-bond donors (Lipinski definition) is 1. The van der Waals surface area contributed by atoms with Crippen LogP contribution in [0.2, 0.25) is 5.02 Å². The predicted octanol–water partition coefficient (Wildman–Crippen LogP) is 5.67. The van der Waals surface area contributed by atoms with Gasteiger partial charge in [0, 0.05) is 18.2 Å². The topological polar surface area (TPSA) is 47.6 Å². The van der Waals surface area contributed by atoms with E-state index in [2.05, 4.69) is 25.2 Å². The Hall–Kier alpha value is -2.46. The first-order valence-electron chi connectivity index (χ1n) is 9.25. The second-order valence-corrected chi connectivity index (χ2v) is 7.01. The summed E-state index contributed by atoms with van der Waals surface area (Å²) in [6, 6.07) is 11.5. The summed E-state index contributed by atoms with van der Waals surface area (Å²) in [6.07, 6.45) is 5.05. The number of carbonyl (C=O) groups excluding carboxylic acids is 1. The Morgan fingerprint density at radius 2 is 2.04 bits per heavy atom. The molecule has 1 aliphatic heterocycles. The van der Waals surface area contributed by atoms with Gasteiger partial charge in [0.15, 0.2) is 11.5 Å².